The van der Waals surface area contributed by atoms with E-state index in [1.807, 2.05) is 19.0 Å². The van der Waals surface area contributed by atoms with E-state index in [4.69, 9.17) is 4.74 Å². The van der Waals surface area contributed by atoms with Crippen LogP contribution in [0.15, 0.2) is 0 Å². The number of ether oxygens (including phenoxy) is 1. The quantitative estimate of drug-likeness (QED) is 0.245. The third-order valence-electron chi connectivity index (χ3n) is 3.81. The lowest BCUT2D eigenvalue weighted by Gasteiger charge is -2.23. The van der Waals surface area contributed by atoms with Gasteiger partial charge in [0.15, 0.2) is 0 Å². The zero-order chi connectivity index (χ0) is 21.1. The van der Waals surface area contributed by atoms with Crippen molar-refractivity contribution in [2.45, 2.75) is 71.1 Å². The van der Waals surface area contributed by atoms with E-state index < -0.39 is 5.97 Å². The topological polar surface area (TPSA) is 69.7 Å². The Hall–Kier alpha value is -1.14. The van der Waals surface area contributed by atoms with E-state index in [2.05, 4.69) is 6.92 Å². The Balaban J connectivity index is 0. The van der Waals surface area contributed by atoms with Gasteiger partial charge in [-0.3, -0.25) is 9.69 Å². The largest absolute Gasteiger partial charge is 0.544 e. The first-order valence-electron chi connectivity index (χ1n) is 10.4. The fourth-order valence-electron chi connectivity index (χ4n) is 2.47. The predicted molar refractivity (Wildman–Crippen MR) is 109 cm³/mol. The SMILES string of the molecule is CCCCCCCCCCCCOC(=O)CN(C)C.C[N+](C)(C)CC(=O)[O-]. The van der Waals surface area contributed by atoms with Crippen molar-refractivity contribution in [1.29, 1.82) is 0 Å². The lowest BCUT2D eigenvalue weighted by atomic mass is 10.1. The van der Waals surface area contributed by atoms with Gasteiger partial charge in [-0.05, 0) is 20.5 Å². The number of aliphatic carboxylic acids is 1. The van der Waals surface area contributed by atoms with Crippen LogP contribution in [0, 0.1) is 0 Å². The Bertz CT molecular complexity index is 366. The molecule has 0 unspecified atom stereocenters. The number of hydrogen-bond acceptors (Lipinski definition) is 5. The molecule has 0 bridgehead atoms. The highest BCUT2D eigenvalue weighted by atomic mass is 16.5. The predicted octanol–water partition coefficient (Wildman–Crippen LogP) is 2.45. The summed E-state index contributed by atoms with van der Waals surface area (Å²) in [6.07, 6.45) is 13.1. The molecule has 0 aromatic heterocycles. The molecule has 0 aromatic carbocycles. The van der Waals surface area contributed by atoms with Crippen LogP contribution >= 0.6 is 0 Å². The molecule has 0 aliphatic heterocycles. The normalized spacial score (nSPS) is 11.1. The van der Waals surface area contributed by atoms with Crippen LogP contribution in [0.2, 0.25) is 0 Å². The van der Waals surface area contributed by atoms with Crippen molar-refractivity contribution >= 4 is 11.9 Å². The summed E-state index contributed by atoms with van der Waals surface area (Å²) >= 11 is 0. The van der Waals surface area contributed by atoms with Gasteiger partial charge in [0.1, 0.15) is 6.54 Å². The monoisotopic (exact) mass is 388 g/mol. The van der Waals surface area contributed by atoms with Gasteiger partial charge in [-0.15, -0.1) is 0 Å². The molecule has 0 N–H and O–H groups in total. The van der Waals surface area contributed by atoms with Gasteiger partial charge in [-0.2, -0.15) is 0 Å². The summed E-state index contributed by atoms with van der Waals surface area (Å²) in [6.45, 7) is 3.30. The number of carbonyl (C=O) groups is 2. The molecule has 0 aromatic rings. The number of esters is 1. The third kappa shape index (κ3) is 29.9. The minimum atomic E-state index is -1.00. The summed E-state index contributed by atoms with van der Waals surface area (Å²) in [5.41, 5.74) is 0. The Morgan fingerprint density at radius 1 is 0.852 bits per heavy atom. The second-order valence-corrected chi connectivity index (χ2v) is 8.46. The molecule has 0 saturated carbocycles. The highest BCUT2D eigenvalue weighted by Crippen LogP contribution is 2.10. The maximum Gasteiger partial charge on any atom is 0.320 e. The molecule has 0 heterocycles. The van der Waals surface area contributed by atoms with Crippen LogP contribution in [0.5, 0.6) is 0 Å². The second kappa shape index (κ2) is 18.2. The van der Waals surface area contributed by atoms with Gasteiger partial charge in [0.25, 0.3) is 0 Å². The first-order valence-corrected chi connectivity index (χ1v) is 10.4. The molecular weight excluding hydrogens is 344 g/mol. The highest BCUT2D eigenvalue weighted by Gasteiger charge is 2.05. The smallest absolute Gasteiger partial charge is 0.320 e. The van der Waals surface area contributed by atoms with E-state index in [0.717, 1.165) is 6.42 Å². The summed E-state index contributed by atoms with van der Waals surface area (Å²) in [6, 6.07) is 0. The standard InChI is InChI=1S/C16H33NO2.C5H11NO2/c1-4-5-6-7-8-9-10-11-12-13-14-19-16(18)15-17(2)3;1-6(2,3)4-5(7)8/h4-15H2,1-3H3;4H2,1-3H3. The van der Waals surface area contributed by atoms with Crippen LogP contribution in [0.3, 0.4) is 0 Å². The third-order valence-corrected chi connectivity index (χ3v) is 3.81. The fourth-order valence-corrected chi connectivity index (χ4v) is 2.47. The van der Waals surface area contributed by atoms with Crippen LogP contribution < -0.4 is 5.11 Å². The van der Waals surface area contributed by atoms with Gasteiger partial charge in [0.05, 0.1) is 40.3 Å². The van der Waals surface area contributed by atoms with Crippen molar-refractivity contribution in [3.8, 4) is 0 Å². The van der Waals surface area contributed by atoms with Crippen LogP contribution in [0.1, 0.15) is 71.1 Å². The average molecular weight is 389 g/mol. The fraction of sp³-hybridized carbons (Fsp3) is 0.905. The number of likely N-dealkylation sites (N-methyl/N-ethyl adjacent to an activating group) is 2. The van der Waals surface area contributed by atoms with Crippen molar-refractivity contribution in [2.24, 2.45) is 0 Å². The molecule has 0 saturated heterocycles. The van der Waals surface area contributed by atoms with Crippen molar-refractivity contribution in [2.75, 3.05) is 54.9 Å². The van der Waals surface area contributed by atoms with Crippen LogP contribution in [-0.2, 0) is 14.3 Å². The minimum absolute atomic E-state index is 0.0694. The molecule has 27 heavy (non-hydrogen) atoms. The van der Waals surface area contributed by atoms with Gasteiger partial charge in [-0.1, -0.05) is 64.7 Å². The van der Waals surface area contributed by atoms with Crippen molar-refractivity contribution in [3.05, 3.63) is 0 Å². The van der Waals surface area contributed by atoms with Gasteiger partial charge in [-0.25, -0.2) is 0 Å². The van der Waals surface area contributed by atoms with E-state index in [0.29, 0.717) is 17.6 Å². The minimum Gasteiger partial charge on any atom is -0.544 e. The van der Waals surface area contributed by atoms with Gasteiger partial charge < -0.3 is 19.1 Å². The summed E-state index contributed by atoms with van der Waals surface area (Å²) in [5, 5.41) is 9.89. The molecule has 6 nitrogen and oxygen atoms in total. The summed E-state index contributed by atoms with van der Waals surface area (Å²) in [7, 11) is 9.16. The van der Waals surface area contributed by atoms with Crippen LogP contribution in [0.25, 0.3) is 0 Å². The van der Waals surface area contributed by atoms with Gasteiger partial charge in [0.2, 0.25) is 0 Å². The van der Waals surface area contributed by atoms with E-state index in [-0.39, 0.29) is 12.5 Å². The van der Waals surface area contributed by atoms with E-state index in [9.17, 15) is 14.7 Å². The highest BCUT2D eigenvalue weighted by molar-refractivity contribution is 5.71. The Morgan fingerprint density at radius 3 is 1.63 bits per heavy atom. The zero-order valence-corrected chi connectivity index (χ0v) is 18.7. The number of unbranched alkanes of at least 4 members (excludes halogenated alkanes) is 9. The first kappa shape index (κ1) is 28.1. The molecule has 0 spiro atoms. The second-order valence-electron chi connectivity index (χ2n) is 8.46. The number of carboxylic acid groups (broad SMARTS) is 1. The first-order chi connectivity index (χ1) is 12.6. The van der Waals surface area contributed by atoms with E-state index in [1.54, 1.807) is 21.1 Å². The molecule has 162 valence electrons. The van der Waals surface area contributed by atoms with Crippen molar-refractivity contribution in [3.63, 3.8) is 0 Å². The average Bonchev–Trinajstić information content (AvgIpc) is 2.50. The molecule has 0 amide bonds. The molecule has 0 aliphatic rings. The van der Waals surface area contributed by atoms with E-state index >= 15 is 0 Å². The molecule has 0 aliphatic carbocycles. The Morgan fingerprint density at radius 2 is 1.30 bits per heavy atom. The number of quaternary nitrogens is 1. The molecule has 0 atom stereocenters. The van der Waals surface area contributed by atoms with Crippen molar-refractivity contribution < 1.29 is 23.9 Å². The molecule has 6 heteroatoms. The molecule has 0 radical (unpaired) electrons. The summed E-state index contributed by atoms with van der Waals surface area (Å²) in [5.74, 6) is -1.11. The number of rotatable bonds is 15. The van der Waals surface area contributed by atoms with E-state index in [1.165, 1.54) is 57.8 Å². The maximum atomic E-state index is 11.2. The Labute approximate surface area is 167 Å². The lowest BCUT2D eigenvalue weighted by molar-refractivity contribution is -0.864. The molecule has 0 fully saturated rings. The zero-order valence-electron chi connectivity index (χ0n) is 18.7. The maximum absolute atomic E-state index is 11.2. The van der Waals surface area contributed by atoms with Gasteiger partial charge in [0, 0.05) is 0 Å². The van der Waals surface area contributed by atoms with Crippen molar-refractivity contribution in [1.82, 2.24) is 4.90 Å². The van der Waals surface area contributed by atoms with Gasteiger partial charge >= 0.3 is 5.97 Å². The van der Waals surface area contributed by atoms with Crippen LogP contribution in [-0.4, -0.2) is 76.3 Å². The number of carbonyl (C=O) groups excluding carboxylic acids is 2. The number of nitrogens with zero attached hydrogens (tertiary/aromatic N) is 2. The molecular formula is C21H44N2O4. The lowest BCUT2D eigenvalue weighted by Crippen LogP contribution is -2.45. The summed E-state index contributed by atoms with van der Waals surface area (Å²) < 4.78 is 5.56. The summed E-state index contributed by atoms with van der Waals surface area (Å²) in [4.78, 5) is 23.0. The van der Waals surface area contributed by atoms with Crippen LogP contribution in [0.4, 0.5) is 0 Å². The molecule has 0 rings (SSSR count). The number of hydrogen-bond donors (Lipinski definition) is 0. The Kier molecular flexibility index (Phi) is 19.0. The number of carboxylic acids is 1.